The highest BCUT2D eigenvalue weighted by Crippen LogP contribution is 2.25. The predicted molar refractivity (Wildman–Crippen MR) is 64.2 cm³/mol. The van der Waals surface area contributed by atoms with Gasteiger partial charge in [0, 0.05) is 25.0 Å². The Labute approximate surface area is 97.9 Å². The molecule has 0 N–H and O–H groups in total. The number of hydrogen-bond donors (Lipinski definition) is 0. The van der Waals surface area contributed by atoms with E-state index < -0.39 is 9.84 Å². The molecule has 5 heteroatoms. The number of carbonyl (C=O) groups is 1. The molecule has 0 bridgehead atoms. The van der Waals surface area contributed by atoms with Gasteiger partial charge in [-0.2, -0.15) is 0 Å². The van der Waals surface area contributed by atoms with Crippen molar-refractivity contribution >= 4 is 16.1 Å². The topological polar surface area (TPSA) is 54.5 Å². The average molecular weight is 247 g/mol. The monoisotopic (exact) mass is 247 g/mol. The van der Waals surface area contributed by atoms with E-state index in [1.54, 1.807) is 0 Å². The highest BCUT2D eigenvalue weighted by molar-refractivity contribution is 7.91. The summed E-state index contributed by atoms with van der Waals surface area (Å²) >= 11 is 0. The number of nitrogens with zero attached hydrogens (tertiary/aromatic N) is 1. The van der Waals surface area contributed by atoms with Crippen LogP contribution in [0, 0.1) is 5.41 Å². The van der Waals surface area contributed by atoms with E-state index in [0.29, 0.717) is 19.6 Å². The molecule has 0 atom stereocenters. The lowest BCUT2D eigenvalue weighted by atomic mass is 9.83. The van der Waals surface area contributed by atoms with Crippen molar-refractivity contribution in [1.82, 2.24) is 4.90 Å². The van der Waals surface area contributed by atoms with E-state index in [9.17, 15) is 13.2 Å². The van der Waals surface area contributed by atoms with Crippen molar-refractivity contribution in [3.8, 4) is 0 Å². The molecule has 0 spiro atoms. The van der Waals surface area contributed by atoms with Crippen molar-refractivity contribution in [3.05, 3.63) is 0 Å². The minimum atomic E-state index is -2.82. The number of hydrogen-bond acceptors (Lipinski definition) is 4. The molecule has 0 aromatic heterocycles. The summed E-state index contributed by atoms with van der Waals surface area (Å²) in [5.74, 6) is 0.463. The Morgan fingerprint density at radius 2 is 1.69 bits per heavy atom. The van der Waals surface area contributed by atoms with Crippen molar-refractivity contribution in [1.29, 1.82) is 0 Å². The molecule has 1 saturated heterocycles. The second-order valence-corrected chi connectivity index (χ2v) is 6.92. The van der Waals surface area contributed by atoms with Gasteiger partial charge in [-0.25, -0.2) is 8.42 Å². The van der Waals surface area contributed by atoms with Gasteiger partial charge in [-0.1, -0.05) is 13.8 Å². The minimum Gasteiger partial charge on any atom is -0.303 e. The number of sulfone groups is 1. The van der Waals surface area contributed by atoms with Crippen LogP contribution < -0.4 is 0 Å². The summed E-state index contributed by atoms with van der Waals surface area (Å²) < 4.78 is 22.5. The number of aldehydes is 1. The zero-order valence-electron chi connectivity index (χ0n) is 10.1. The minimum absolute atomic E-state index is 0.232. The van der Waals surface area contributed by atoms with Crippen LogP contribution in [-0.4, -0.2) is 50.7 Å². The first-order valence-electron chi connectivity index (χ1n) is 5.86. The van der Waals surface area contributed by atoms with E-state index in [2.05, 4.69) is 4.90 Å². The largest absolute Gasteiger partial charge is 0.303 e. The van der Waals surface area contributed by atoms with Gasteiger partial charge in [-0.05, 0) is 12.8 Å². The predicted octanol–water partition coefficient (Wildman–Crippen LogP) is 0.722. The lowest BCUT2D eigenvalue weighted by Gasteiger charge is -2.34. The molecule has 1 aliphatic heterocycles. The lowest BCUT2D eigenvalue weighted by molar-refractivity contribution is -0.117. The maximum atomic E-state index is 11.3. The Morgan fingerprint density at radius 1 is 1.19 bits per heavy atom. The van der Waals surface area contributed by atoms with Crippen molar-refractivity contribution in [2.24, 2.45) is 5.41 Å². The Balaban J connectivity index is 2.58. The molecule has 0 saturated carbocycles. The van der Waals surface area contributed by atoms with Gasteiger partial charge in [0.05, 0.1) is 11.5 Å². The molecule has 0 aliphatic carbocycles. The fourth-order valence-electron chi connectivity index (χ4n) is 2.03. The third kappa shape index (κ3) is 3.28. The second-order valence-electron chi connectivity index (χ2n) is 4.62. The van der Waals surface area contributed by atoms with Crippen molar-refractivity contribution in [3.63, 3.8) is 0 Å². The summed E-state index contributed by atoms with van der Waals surface area (Å²) in [5, 5.41) is 0. The highest BCUT2D eigenvalue weighted by Gasteiger charge is 2.31. The van der Waals surface area contributed by atoms with Crippen LogP contribution in [0.1, 0.15) is 26.7 Å². The van der Waals surface area contributed by atoms with Crippen LogP contribution in [0.5, 0.6) is 0 Å². The Hall–Kier alpha value is -0.420. The van der Waals surface area contributed by atoms with E-state index in [1.165, 1.54) is 0 Å². The Morgan fingerprint density at radius 3 is 2.06 bits per heavy atom. The van der Waals surface area contributed by atoms with E-state index in [1.807, 2.05) is 13.8 Å². The Kier molecular flexibility index (Phi) is 4.50. The lowest BCUT2D eigenvalue weighted by Crippen LogP contribution is -2.46. The van der Waals surface area contributed by atoms with Crippen LogP contribution >= 0.6 is 0 Å². The average Bonchev–Trinajstić information content (AvgIpc) is 2.29. The van der Waals surface area contributed by atoms with Crippen molar-refractivity contribution in [2.75, 3.05) is 31.1 Å². The maximum absolute atomic E-state index is 11.3. The quantitative estimate of drug-likeness (QED) is 0.672. The van der Waals surface area contributed by atoms with Crippen molar-refractivity contribution < 1.29 is 13.2 Å². The molecule has 1 aliphatic rings. The van der Waals surface area contributed by atoms with Crippen LogP contribution in [0.25, 0.3) is 0 Å². The first kappa shape index (κ1) is 13.6. The molecule has 1 heterocycles. The molecule has 94 valence electrons. The standard InChI is InChI=1S/C11H21NO3S/c1-3-11(4-2,10-13)9-12-5-7-16(14,15)8-6-12/h10H,3-9H2,1-2H3. The molecule has 0 aromatic rings. The van der Waals surface area contributed by atoms with Gasteiger partial charge >= 0.3 is 0 Å². The van der Waals surface area contributed by atoms with Gasteiger partial charge in [0.1, 0.15) is 6.29 Å². The van der Waals surface area contributed by atoms with Crippen LogP contribution in [-0.2, 0) is 14.6 Å². The first-order valence-corrected chi connectivity index (χ1v) is 7.68. The van der Waals surface area contributed by atoms with Crippen LogP contribution in [0.4, 0.5) is 0 Å². The molecule has 0 radical (unpaired) electrons. The van der Waals surface area contributed by atoms with Gasteiger partial charge < -0.3 is 9.69 Å². The smallest absolute Gasteiger partial charge is 0.152 e. The summed E-state index contributed by atoms with van der Waals surface area (Å²) in [4.78, 5) is 13.2. The molecule has 4 nitrogen and oxygen atoms in total. The summed E-state index contributed by atoms with van der Waals surface area (Å²) in [7, 11) is -2.82. The summed E-state index contributed by atoms with van der Waals surface area (Å²) in [6, 6.07) is 0. The Bertz CT molecular complexity index is 319. The summed E-state index contributed by atoms with van der Waals surface area (Å²) in [6.07, 6.45) is 2.67. The van der Waals surface area contributed by atoms with Crippen LogP contribution in [0.3, 0.4) is 0 Å². The molecule has 1 rings (SSSR count). The number of carbonyl (C=O) groups excluding carboxylic acids is 1. The second kappa shape index (κ2) is 5.27. The fourth-order valence-corrected chi connectivity index (χ4v) is 3.31. The first-order chi connectivity index (χ1) is 7.47. The van der Waals surface area contributed by atoms with Gasteiger partial charge in [0.15, 0.2) is 9.84 Å². The normalized spacial score (nSPS) is 21.9. The fraction of sp³-hybridized carbons (Fsp3) is 0.909. The van der Waals surface area contributed by atoms with Crippen LogP contribution in [0.15, 0.2) is 0 Å². The highest BCUT2D eigenvalue weighted by atomic mass is 32.2. The van der Waals surface area contributed by atoms with Crippen molar-refractivity contribution in [2.45, 2.75) is 26.7 Å². The summed E-state index contributed by atoms with van der Waals surface area (Å²) in [5.41, 5.74) is -0.291. The van der Waals surface area contributed by atoms with Gasteiger partial charge in [-0.15, -0.1) is 0 Å². The van der Waals surface area contributed by atoms with E-state index in [4.69, 9.17) is 0 Å². The molecule has 0 amide bonds. The molecular weight excluding hydrogens is 226 g/mol. The number of rotatable bonds is 5. The van der Waals surface area contributed by atoms with Crippen LogP contribution in [0.2, 0.25) is 0 Å². The SMILES string of the molecule is CCC(C=O)(CC)CN1CCS(=O)(=O)CC1. The molecule has 0 unspecified atom stereocenters. The van der Waals surface area contributed by atoms with E-state index in [0.717, 1.165) is 19.1 Å². The van der Waals surface area contributed by atoms with Gasteiger partial charge in [-0.3, -0.25) is 0 Å². The third-order valence-corrected chi connectivity index (χ3v) is 5.24. The van der Waals surface area contributed by atoms with E-state index in [-0.39, 0.29) is 16.9 Å². The van der Waals surface area contributed by atoms with Gasteiger partial charge in [0.2, 0.25) is 0 Å². The maximum Gasteiger partial charge on any atom is 0.152 e. The van der Waals surface area contributed by atoms with Gasteiger partial charge in [0.25, 0.3) is 0 Å². The molecule has 16 heavy (non-hydrogen) atoms. The molecular formula is C11H21NO3S. The zero-order chi connectivity index (χ0) is 12.2. The molecule has 0 aromatic carbocycles. The van der Waals surface area contributed by atoms with E-state index >= 15 is 0 Å². The third-order valence-electron chi connectivity index (χ3n) is 3.63. The summed E-state index contributed by atoms with van der Waals surface area (Å²) in [6.45, 7) is 5.85. The zero-order valence-corrected chi connectivity index (χ0v) is 10.9. The molecule has 1 fully saturated rings.